The summed E-state index contributed by atoms with van der Waals surface area (Å²) in [5, 5.41) is 2.94. The van der Waals surface area contributed by atoms with Crippen molar-refractivity contribution >= 4 is 5.91 Å². The fourth-order valence-corrected chi connectivity index (χ4v) is 2.96. The third-order valence-electron chi connectivity index (χ3n) is 4.36. The van der Waals surface area contributed by atoms with Gasteiger partial charge in [0.1, 0.15) is 11.5 Å². The fourth-order valence-electron chi connectivity index (χ4n) is 2.96. The summed E-state index contributed by atoms with van der Waals surface area (Å²) in [5.74, 6) is 2.02. The number of nitrogens with zero attached hydrogens (tertiary/aromatic N) is 1. The van der Waals surface area contributed by atoms with Crippen molar-refractivity contribution in [3.63, 3.8) is 0 Å². The first-order valence-electron chi connectivity index (χ1n) is 9.47. The van der Waals surface area contributed by atoms with Crippen molar-refractivity contribution < 1.29 is 19.0 Å². The van der Waals surface area contributed by atoms with Crippen molar-refractivity contribution in [2.75, 3.05) is 13.2 Å². The lowest BCUT2D eigenvalue weighted by Gasteiger charge is -2.10. The Morgan fingerprint density at radius 1 is 1.26 bits per heavy atom. The van der Waals surface area contributed by atoms with Crippen molar-refractivity contribution in [1.82, 2.24) is 10.3 Å². The summed E-state index contributed by atoms with van der Waals surface area (Å²) in [6.45, 7) is 3.84. The first kappa shape index (κ1) is 19.2. The number of carbonyl (C=O) groups excluding carboxylic acids is 1. The normalized spacial score (nSPS) is 16.1. The predicted octanol–water partition coefficient (Wildman–Crippen LogP) is 3.85. The van der Waals surface area contributed by atoms with E-state index in [1.807, 2.05) is 43.3 Å². The molecular weight excluding hydrogens is 344 g/mol. The van der Waals surface area contributed by atoms with Crippen LogP contribution in [0.1, 0.15) is 38.2 Å². The molecule has 1 aliphatic heterocycles. The number of hydrogen-bond acceptors (Lipinski definition) is 5. The van der Waals surface area contributed by atoms with Gasteiger partial charge < -0.3 is 19.5 Å². The minimum absolute atomic E-state index is 0.0382. The lowest BCUT2D eigenvalue weighted by atomic mass is 10.1. The molecule has 6 nitrogen and oxygen atoms in total. The molecule has 27 heavy (non-hydrogen) atoms. The summed E-state index contributed by atoms with van der Waals surface area (Å²) >= 11 is 0. The highest BCUT2D eigenvalue weighted by Gasteiger charge is 2.16. The summed E-state index contributed by atoms with van der Waals surface area (Å²) in [7, 11) is 0. The monoisotopic (exact) mass is 370 g/mol. The lowest BCUT2D eigenvalue weighted by Crippen LogP contribution is -2.23. The van der Waals surface area contributed by atoms with Crippen molar-refractivity contribution in [3.05, 3.63) is 48.2 Å². The maximum Gasteiger partial charge on any atom is 0.220 e. The Morgan fingerprint density at radius 2 is 2.07 bits per heavy atom. The Bertz CT molecular complexity index is 727. The molecular formula is C21H26N2O4. The second-order valence-electron chi connectivity index (χ2n) is 6.46. The van der Waals surface area contributed by atoms with Gasteiger partial charge in [-0.3, -0.25) is 4.79 Å². The maximum absolute atomic E-state index is 12.0. The van der Waals surface area contributed by atoms with E-state index >= 15 is 0 Å². The number of amides is 1. The molecule has 3 rings (SSSR count). The van der Waals surface area contributed by atoms with Crippen molar-refractivity contribution in [2.24, 2.45) is 0 Å². The Kier molecular flexibility index (Phi) is 7.04. The molecule has 1 unspecified atom stereocenters. The Hall–Kier alpha value is -2.60. The molecule has 1 saturated heterocycles. The average Bonchev–Trinajstić information content (AvgIpc) is 3.20. The fraction of sp³-hybridized carbons (Fsp3) is 0.429. The third-order valence-corrected chi connectivity index (χ3v) is 4.36. The van der Waals surface area contributed by atoms with E-state index in [-0.39, 0.29) is 12.0 Å². The highest BCUT2D eigenvalue weighted by Crippen LogP contribution is 2.23. The number of benzene rings is 1. The number of rotatable bonds is 9. The van der Waals surface area contributed by atoms with Gasteiger partial charge in [0.05, 0.1) is 12.7 Å². The van der Waals surface area contributed by atoms with E-state index in [0.717, 1.165) is 37.2 Å². The SMILES string of the molecule is CCOc1ccc(Oc2cc(CNC(=O)CCC3CCCO3)ccn2)cc1. The van der Waals surface area contributed by atoms with E-state index in [0.29, 0.717) is 31.2 Å². The van der Waals surface area contributed by atoms with E-state index in [9.17, 15) is 4.79 Å². The van der Waals surface area contributed by atoms with Crippen LogP contribution in [-0.2, 0) is 16.1 Å². The number of pyridine rings is 1. The van der Waals surface area contributed by atoms with Crippen LogP contribution in [0.5, 0.6) is 17.4 Å². The zero-order chi connectivity index (χ0) is 18.9. The van der Waals surface area contributed by atoms with Crippen LogP contribution >= 0.6 is 0 Å². The second kappa shape index (κ2) is 9.92. The van der Waals surface area contributed by atoms with Crippen LogP contribution < -0.4 is 14.8 Å². The number of nitrogens with one attached hydrogen (secondary N) is 1. The van der Waals surface area contributed by atoms with Gasteiger partial charge in [-0.1, -0.05) is 0 Å². The van der Waals surface area contributed by atoms with Gasteiger partial charge in [0.2, 0.25) is 11.8 Å². The van der Waals surface area contributed by atoms with E-state index in [1.165, 1.54) is 0 Å². The summed E-state index contributed by atoms with van der Waals surface area (Å²) in [6.07, 6.45) is 5.35. The van der Waals surface area contributed by atoms with Crippen LogP contribution in [0.2, 0.25) is 0 Å². The van der Waals surface area contributed by atoms with Crippen LogP contribution in [-0.4, -0.2) is 30.2 Å². The molecule has 6 heteroatoms. The molecule has 2 aromatic rings. The van der Waals surface area contributed by atoms with Crippen LogP contribution in [0.3, 0.4) is 0 Å². The van der Waals surface area contributed by atoms with Gasteiger partial charge in [-0.25, -0.2) is 4.98 Å². The molecule has 2 heterocycles. The van der Waals surface area contributed by atoms with Crippen molar-refractivity contribution in [1.29, 1.82) is 0 Å². The number of hydrogen-bond donors (Lipinski definition) is 1. The summed E-state index contributed by atoms with van der Waals surface area (Å²) in [5.41, 5.74) is 0.941. The molecule has 0 spiro atoms. The maximum atomic E-state index is 12.0. The first-order valence-corrected chi connectivity index (χ1v) is 9.47. The lowest BCUT2D eigenvalue weighted by molar-refractivity contribution is -0.121. The van der Waals surface area contributed by atoms with Crippen LogP contribution in [0, 0.1) is 0 Å². The molecule has 1 N–H and O–H groups in total. The highest BCUT2D eigenvalue weighted by atomic mass is 16.5. The molecule has 1 fully saturated rings. The molecule has 144 valence electrons. The Balaban J connectivity index is 1.47. The molecule has 0 bridgehead atoms. The molecule has 1 amide bonds. The Labute approximate surface area is 159 Å². The van der Waals surface area contributed by atoms with Crippen LogP contribution in [0.4, 0.5) is 0 Å². The number of aromatic nitrogens is 1. The van der Waals surface area contributed by atoms with Crippen molar-refractivity contribution in [3.8, 4) is 17.4 Å². The van der Waals surface area contributed by atoms with E-state index in [4.69, 9.17) is 14.2 Å². The smallest absolute Gasteiger partial charge is 0.220 e. The molecule has 0 aliphatic carbocycles. The van der Waals surface area contributed by atoms with Crippen LogP contribution in [0.15, 0.2) is 42.6 Å². The van der Waals surface area contributed by atoms with Gasteiger partial charge in [-0.15, -0.1) is 0 Å². The van der Waals surface area contributed by atoms with Gasteiger partial charge in [-0.05, 0) is 62.1 Å². The zero-order valence-electron chi connectivity index (χ0n) is 15.6. The largest absolute Gasteiger partial charge is 0.494 e. The molecule has 1 atom stereocenters. The second-order valence-corrected chi connectivity index (χ2v) is 6.46. The summed E-state index contributed by atoms with van der Waals surface area (Å²) in [4.78, 5) is 16.2. The molecule has 1 aromatic carbocycles. The minimum Gasteiger partial charge on any atom is -0.494 e. The van der Waals surface area contributed by atoms with E-state index in [1.54, 1.807) is 6.20 Å². The van der Waals surface area contributed by atoms with Gasteiger partial charge >= 0.3 is 0 Å². The topological polar surface area (TPSA) is 69.7 Å². The van der Waals surface area contributed by atoms with Gasteiger partial charge in [0, 0.05) is 31.8 Å². The molecule has 1 aliphatic rings. The first-order chi connectivity index (χ1) is 13.2. The Morgan fingerprint density at radius 3 is 2.81 bits per heavy atom. The van der Waals surface area contributed by atoms with Gasteiger partial charge in [-0.2, -0.15) is 0 Å². The van der Waals surface area contributed by atoms with Gasteiger partial charge in [0.15, 0.2) is 0 Å². The quantitative estimate of drug-likeness (QED) is 0.726. The van der Waals surface area contributed by atoms with Gasteiger partial charge in [0.25, 0.3) is 0 Å². The minimum atomic E-state index is 0.0382. The zero-order valence-corrected chi connectivity index (χ0v) is 15.6. The molecule has 1 aromatic heterocycles. The molecule has 0 radical (unpaired) electrons. The third kappa shape index (κ3) is 6.25. The number of carbonyl (C=O) groups is 1. The van der Waals surface area contributed by atoms with Crippen molar-refractivity contribution in [2.45, 2.75) is 45.3 Å². The highest BCUT2D eigenvalue weighted by molar-refractivity contribution is 5.75. The summed E-state index contributed by atoms with van der Waals surface area (Å²) in [6, 6.07) is 11.1. The standard InChI is InChI=1S/C21H26N2O4/c1-2-25-18-5-7-19(8-6-18)27-21-14-16(11-12-22-21)15-23-20(24)10-9-17-4-3-13-26-17/h5-8,11-12,14,17H,2-4,9-10,13,15H2,1H3,(H,23,24). The van der Waals surface area contributed by atoms with E-state index in [2.05, 4.69) is 10.3 Å². The predicted molar refractivity (Wildman–Crippen MR) is 102 cm³/mol. The van der Waals surface area contributed by atoms with E-state index < -0.39 is 0 Å². The van der Waals surface area contributed by atoms with Crippen LogP contribution in [0.25, 0.3) is 0 Å². The number of ether oxygens (including phenoxy) is 3. The summed E-state index contributed by atoms with van der Waals surface area (Å²) < 4.78 is 16.7. The molecule has 0 saturated carbocycles. The average molecular weight is 370 g/mol.